The van der Waals surface area contributed by atoms with Crippen LogP contribution in [0, 0.1) is 5.41 Å². The Balaban J connectivity index is 3.68. The first-order chi connectivity index (χ1) is 13.6. The largest absolute Gasteiger partial charge is 0.468 e. The van der Waals surface area contributed by atoms with Crippen molar-refractivity contribution in [2.45, 2.75) is 40.5 Å². The highest BCUT2D eigenvalue weighted by Gasteiger charge is 2.54. The molecule has 9 heteroatoms. The summed E-state index contributed by atoms with van der Waals surface area (Å²) in [5.41, 5.74) is -1.74. The van der Waals surface area contributed by atoms with Gasteiger partial charge in [0.05, 0.1) is 27.4 Å². The van der Waals surface area contributed by atoms with Crippen molar-refractivity contribution in [1.82, 2.24) is 0 Å². The van der Waals surface area contributed by atoms with E-state index in [4.69, 9.17) is 18.9 Å². The van der Waals surface area contributed by atoms with Crippen molar-refractivity contribution in [2.24, 2.45) is 5.41 Å². The summed E-state index contributed by atoms with van der Waals surface area (Å²) in [7, 11) is 2.23. The number of rotatable bonds is 8. The van der Waals surface area contributed by atoms with Crippen molar-refractivity contribution in [1.29, 1.82) is 0 Å². The molecule has 1 aliphatic carbocycles. The minimum atomic E-state index is -1.78. The zero-order valence-corrected chi connectivity index (χ0v) is 17.5. The molecule has 0 aromatic rings. The van der Waals surface area contributed by atoms with Crippen LogP contribution in [0.4, 0.5) is 0 Å². The molecule has 0 heterocycles. The van der Waals surface area contributed by atoms with Gasteiger partial charge in [0.2, 0.25) is 0 Å². The van der Waals surface area contributed by atoms with Crippen molar-refractivity contribution in [2.75, 3.05) is 27.4 Å². The molecule has 0 N–H and O–H groups in total. The molecule has 0 bridgehead atoms. The predicted octanol–water partition coefficient (Wildman–Crippen LogP) is 1.44. The maximum absolute atomic E-state index is 12.5. The third kappa shape index (κ3) is 4.72. The second-order valence-electron chi connectivity index (χ2n) is 6.37. The highest BCUT2D eigenvalue weighted by molar-refractivity contribution is 6.16. The van der Waals surface area contributed by atoms with Crippen molar-refractivity contribution in [3.8, 4) is 0 Å². The molecule has 0 radical (unpaired) electrons. The van der Waals surface area contributed by atoms with Gasteiger partial charge in [-0.2, -0.15) is 0 Å². The number of hydrogen-bond acceptors (Lipinski definition) is 9. The predicted molar refractivity (Wildman–Crippen MR) is 99.4 cm³/mol. The van der Waals surface area contributed by atoms with E-state index in [-0.39, 0.29) is 42.8 Å². The molecule has 29 heavy (non-hydrogen) atoms. The number of esters is 4. The van der Waals surface area contributed by atoms with Gasteiger partial charge in [-0.05, 0) is 38.8 Å². The number of carbonyl (C=O) groups is 5. The van der Waals surface area contributed by atoms with Gasteiger partial charge in [-0.15, -0.1) is 0 Å². The van der Waals surface area contributed by atoms with Crippen molar-refractivity contribution in [3.63, 3.8) is 0 Å². The number of Topliss-reactive ketones (excluding diaryl/α,β-unsaturated/α-hetero) is 1. The molecule has 0 aromatic carbocycles. The summed E-state index contributed by atoms with van der Waals surface area (Å²) >= 11 is 0. The summed E-state index contributed by atoms with van der Waals surface area (Å²) in [6, 6.07) is 0. The molecule has 9 nitrogen and oxygen atoms in total. The van der Waals surface area contributed by atoms with E-state index in [0.717, 1.165) is 14.2 Å². The van der Waals surface area contributed by atoms with Crippen LogP contribution in [0.2, 0.25) is 0 Å². The van der Waals surface area contributed by atoms with Gasteiger partial charge in [-0.1, -0.05) is 0 Å². The van der Waals surface area contributed by atoms with Gasteiger partial charge in [0.25, 0.3) is 0 Å². The van der Waals surface area contributed by atoms with Crippen LogP contribution in [-0.4, -0.2) is 57.1 Å². The van der Waals surface area contributed by atoms with Gasteiger partial charge in [0.15, 0.2) is 11.2 Å². The molecule has 0 unspecified atom stereocenters. The Morgan fingerprint density at radius 1 is 0.793 bits per heavy atom. The average Bonchev–Trinajstić information content (AvgIpc) is 3.09. The zero-order valence-electron chi connectivity index (χ0n) is 17.5. The lowest BCUT2D eigenvalue weighted by atomic mass is 9.82. The lowest BCUT2D eigenvalue weighted by molar-refractivity contribution is -0.168. The Labute approximate surface area is 169 Å². The molecule has 0 aliphatic heterocycles. The molecular formula is C20H26O9. The van der Waals surface area contributed by atoms with Gasteiger partial charge < -0.3 is 18.9 Å². The van der Waals surface area contributed by atoms with Crippen LogP contribution in [0.15, 0.2) is 22.3 Å². The monoisotopic (exact) mass is 410 g/mol. The molecule has 0 saturated carbocycles. The summed E-state index contributed by atoms with van der Waals surface area (Å²) in [6.45, 7) is 5.88. The fourth-order valence-corrected chi connectivity index (χ4v) is 3.28. The number of carbonyl (C=O) groups excluding carboxylic acids is 5. The zero-order chi connectivity index (χ0) is 22.4. The summed E-state index contributed by atoms with van der Waals surface area (Å²) in [5.74, 6) is -4.01. The smallest absolute Gasteiger partial charge is 0.345 e. The Morgan fingerprint density at radius 3 is 1.55 bits per heavy atom. The first kappa shape index (κ1) is 24.1. The minimum Gasteiger partial charge on any atom is -0.468 e. The number of allylic oxidation sites excluding steroid dienone is 3. The first-order valence-corrected chi connectivity index (χ1v) is 9.06. The molecule has 1 rings (SSSR count). The molecule has 160 valence electrons. The minimum absolute atomic E-state index is 0.0158. The Bertz CT molecular complexity index is 750. The maximum atomic E-state index is 12.5. The lowest BCUT2D eigenvalue weighted by Gasteiger charge is -2.23. The Hall–Kier alpha value is -2.97. The first-order valence-electron chi connectivity index (χ1n) is 9.06. The van der Waals surface area contributed by atoms with Gasteiger partial charge in [-0.25, -0.2) is 9.59 Å². The molecule has 0 saturated heterocycles. The summed E-state index contributed by atoms with van der Waals surface area (Å²) in [4.78, 5) is 62.0. The van der Waals surface area contributed by atoms with Gasteiger partial charge in [0, 0.05) is 18.4 Å². The van der Waals surface area contributed by atoms with Gasteiger partial charge in [0.1, 0.15) is 5.57 Å². The second-order valence-corrected chi connectivity index (χ2v) is 6.37. The Kier molecular flexibility index (Phi) is 8.29. The van der Waals surface area contributed by atoms with E-state index in [2.05, 4.69) is 0 Å². The number of ketones is 1. The van der Waals surface area contributed by atoms with E-state index >= 15 is 0 Å². The van der Waals surface area contributed by atoms with E-state index in [9.17, 15) is 24.0 Å². The van der Waals surface area contributed by atoms with Crippen LogP contribution in [0.5, 0.6) is 0 Å². The van der Waals surface area contributed by atoms with Crippen molar-refractivity contribution in [3.05, 3.63) is 22.3 Å². The lowest BCUT2D eigenvalue weighted by Crippen LogP contribution is -2.39. The van der Waals surface area contributed by atoms with E-state index < -0.39 is 40.6 Å². The number of ether oxygens (including phenoxy) is 4. The van der Waals surface area contributed by atoms with Crippen LogP contribution in [-0.2, 0) is 42.9 Å². The standard InChI is InChI=1S/C20H26O9/c1-7-28-16(22)15(17(23)29-8-2)11(3)13-9-20(18(24)26-5,19(25)27-6)10-14(13)12(4)21/h7-10H2,1-6H3. The molecule has 0 amide bonds. The van der Waals surface area contributed by atoms with E-state index in [1.54, 1.807) is 13.8 Å². The highest BCUT2D eigenvalue weighted by atomic mass is 16.6. The quantitative estimate of drug-likeness (QED) is 0.192. The van der Waals surface area contributed by atoms with Crippen LogP contribution in [0.1, 0.15) is 40.5 Å². The third-order valence-electron chi connectivity index (χ3n) is 4.69. The SMILES string of the molecule is CCOC(=O)C(C(=O)OCC)=C(C)C1=C(C(C)=O)CC(C(=O)OC)(C(=O)OC)C1. The molecular weight excluding hydrogens is 384 g/mol. The van der Waals surface area contributed by atoms with Crippen LogP contribution in [0.25, 0.3) is 0 Å². The normalized spacial score (nSPS) is 14.7. The average molecular weight is 410 g/mol. The van der Waals surface area contributed by atoms with Crippen LogP contribution < -0.4 is 0 Å². The maximum Gasteiger partial charge on any atom is 0.345 e. The highest BCUT2D eigenvalue weighted by Crippen LogP contribution is 2.47. The number of methoxy groups -OCH3 is 2. The topological polar surface area (TPSA) is 122 Å². The third-order valence-corrected chi connectivity index (χ3v) is 4.69. The Morgan fingerprint density at radius 2 is 1.21 bits per heavy atom. The van der Waals surface area contributed by atoms with E-state index in [1.165, 1.54) is 13.8 Å². The molecule has 0 atom stereocenters. The summed E-state index contributed by atoms with van der Waals surface area (Å²) in [5, 5.41) is 0. The van der Waals surface area contributed by atoms with Crippen LogP contribution in [0.3, 0.4) is 0 Å². The summed E-state index contributed by atoms with van der Waals surface area (Å²) < 4.78 is 19.4. The van der Waals surface area contributed by atoms with Crippen molar-refractivity contribution < 1.29 is 42.9 Å². The van der Waals surface area contributed by atoms with Crippen molar-refractivity contribution >= 4 is 29.7 Å². The van der Waals surface area contributed by atoms with Crippen LogP contribution >= 0.6 is 0 Å². The van der Waals surface area contributed by atoms with Gasteiger partial charge >= 0.3 is 23.9 Å². The molecule has 1 aliphatic rings. The van der Waals surface area contributed by atoms with E-state index in [1.807, 2.05) is 0 Å². The molecule has 0 spiro atoms. The fourth-order valence-electron chi connectivity index (χ4n) is 3.28. The summed E-state index contributed by atoms with van der Waals surface area (Å²) in [6.07, 6.45) is -0.539. The molecule has 0 fully saturated rings. The fraction of sp³-hybridized carbons (Fsp3) is 0.550. The number of hydrogen-bond donors (Lipinski definition) is 0. The molecule has 0 aromatic heterocycles. The van der Waals surface area contributed by atoms with Gasteiger partial charge in [-0.3, -0.25) is 14.4 Å². The van der Waals surface area contributed by atoms with E-state index in [0.29, 0.717) is 0 Å². The second kappa shape index (κ2) is 9.99.